The molecule has 0 aliphatic carbocycles. The lowest BCUT2D eigenvalue weighted by Crippen LogP contribution is -2.50. The molecule has 0 aromatic carbocycles. The second kappa shape index (κ2) is 5.36. The van der Waals surface area contributed by atoms with Crippen LogP contribution in [0.4, 0.5) is 0 Å². The maximum absolute atomic E-state index is 11.4. The third kappa shape index (κ3) is 3.19. The Hall–Kier alpha value is -0.610. The number of carbonyl (C=O) groups is 1. The Kier molecular flexibility index (Phi) is 4.05. The van der Waals surface area contributed by atoms with E-state index >= 15 is 0 Å². The molecule has 1 N–H and O–H groups in total. The zero-order chi connectivity index (χ0) is 12.4. The third-order valence-electron chi connectivity index (χ3n) is 4.05. The average Bonchev–Trinajstić information content (AvgIpc) is 2.72. The van der Waals surface area contributed by atoms with Crippen LogP contribution >= 0.6 is 0 Å². The second-order valence-electron chi connectivity index (χ2n) is 5.75. The number of likely N-dealkylation sites (N-methyl/N-ethyl adjacent to an activating group) is 1. The van der Waals surface area contributed by atoms with Gasteiger partial charge in [-0.3, -0.25) is 9.69 Å². The Morgan fingerprint density at radius 3 is 2.53 bits per heavy atom. The summed E-state index contributed by atoms with van der Waals surface area (Å²) in [6.07, 6.45) is 2.95. The van der Waals surface area contributed by atoms with Crippen molar-refractivity contribution in [2.24, 2.45) is 0 Å². The molecule has 0 bridgehead atoms. The first-order valence-electron chi connectivity index (χ1n) is 6.80. The molecule has 1 amide bonds. The summed E-state index contributed by atoms with van der Waals surface area (Å²) in [6.45, 7) is 7.75. The number of nitrogens with zero attached hydrogens (tertiary/aromatic N) is 2. The van der Waals surface area contributed by atoms with Gasteiger partial charge < -0.3 is 10.2 Å². The average molecular weight is 239 g/mol. The summed E-state index contributed by atoms with van der Waals surface area (Å²) in [5.41, 5.74) is 0. The molecule has 4 heteroatoms. The summed E-state index contributed by atoms with van der Waals surface area (Å²) in [4.78, 5) is 15.8. The maximum atomic E-state index is 11.4. The molecule has 2 atom stereocenters. The standard InChI is InChI=1S/C13H25N3O/c1-10(2)16-7-6-12(9-16)14-11-4-5-13(17)15(3)8-11/h10-12,14H,4-9H2,1-3H3. The number of piperidine rings is 1. The van der Waals surface area contributed by atoms with Gasteiger partial charge in [-0.15, -0.1) is 0 Å². The third-order valence-corrected chi connectivity index (χ3v) is 4.05. The van der Waals surface area contributed by atoms with Crippen LogP contribution < -0.4 is 5.32 Å². The van der Waals surface area contributed by atoms with E-state index in [0.717, 1.165) is 19.5 Å². The van der Waals surface area contributed by atoms with E-state index in [4.69, 9.17) is 0 Å². The zero-order valence-electron chi connectivity index (χ0n) is 11.3. The van der Waals surface area contributed by atoms with Crippen molar-refractivity contribution >= 4 is 5.91 Å². The van der Waals surface area contributed by atoms with Gasteiger partial charge in [0.2, 0.25) is 5.91 Å². The van der Waals surface area contributed by atoms with Crippen LogP contribution in [0, 0.1) is 0 Å². The van der Waals surface area contributed by atoms with Crippen molar-refractivity contribution < 1.29 is 4.79 Å². The fourth-order valence-corrected chi connectivity index (χ4v) is 2.87. The highest BCUT2D eigenvalue weighted by atomic mass is 16.2. The largest absolute Gasteiger partial charge is 0.344 e. The Morgan fingerprint density at radius 1 is 1.24 bits per heavy atom. The van der Waals surface area contributed by atoms with Gasteiger partial charge in [0.05, 0.1) is 0 Å². The van der Waals surface area contributed by atoms with Crippen molar-refractivity contribution in [3.05, 3.63) is 0 Å². The summed E-state index contributed by atoms with van der Waals surface area (Å²) in [5.74, 6) is 0.290. The molecule has 98 valence electrons. The van der Waals surface area contributed by atoms with E-state index in [1.807, 2.05) is 11.9 Å². The fraction of sp³-hybridized carbons (Fsp3) is 0.923. The molecular formula is C13H25N3O. The summed E-state index contributed by atoms with van der Waals surface area (Å²) in [7, 11) is 1.91. The van der Waals surface area contributed by atoms with Crippen LogP contribution in [-0.4, -0.2) is 60.5 Å². The molecule has 0 aromatic heterocycles. The van der Waals surface area contributed by atoms with Gasteiger partial charge in [-0.2, -0.15) is 0 Å². The predicted molar refractivity (Wildman–Crippen MR) is 68.9 cm³/mol. The molecule has 17 heavy (non-hydrogen) atoms. The highest BCUT2D eigenvalue weighted by Gasteiger charge is 2.29. The van der Waals surface area contributed by atoms with Gasteiger partial charge in [0, 0.05) is 44.7 Å². The lowest BCUT2D eigenvalue weighted by molar-refractivity contribution is -0.132. The summed E-state index contributed by atoms with van der Waals surface area (Å²) < 4.78 is 0. The van der Waals surface area contributed by atoms with Crippen LogP contribution in [0.25, 0.3) is 0 Å². The van der Waals surface area contributed by atoms with E-state index in [1.165, 1.54) is 13.0 Å². The highest BCUT2D eigenvalue weighted by Crippen LogP contribution is 2.16. The van der Waals surface area contributed by atoms with E-state index in [0.29, 0.717) is 30.5 Å². The van der Waals surface area contributed by atoms with E-state index < -0.39 is 0 Å². The second-order valence-corrected chi connectivity index (χ2v) is 5.75. The Morgan fingerprint density at radius 2 is 1.94 bits per heavy atom. The Balaban J connectivity index is 1.77. The highest BCUT2D eigenvalue weighted by molar-refractivity contribution is 5.76. The number of likely N-dealkylation sites (tertiary alicyclic amines) is 2. The van der Waals surface area contributed by atoms with Gasteiger partial charge in [0.15, 0.2) is 0 Å². The minimum Gasteiger partial charge on any atom is -0.344 e. The van der Waals surface area contributed by atoms with Crippen molar-refractivity contribution in [3.63, 3.8) is 0 Å². The van der Waals surface area contributed by atoms with Gasteiger partial charge in [-0.05, 0) is 33.2 Å². The Labute approximate surface area is 104 Å². The van der Waals surface area contributed by atoms with Gasteiger partial charge in [-0.25, -0.2) is 0 Å². The molecule has 2 aliphatic rings. The van der Waals surface area contributed by atoms with Crippen LogP contribution in [0.2, 0.25) is 0 Å². The molecule has 0 aromatic rings. The summed E-state index contributed by atoms with van der Waals surface area (Å²) in [5, 5.41) is 3.72. The molecule has 2 saturated heterocycles. The van der Waals surface area contributed by atoms with Gasteiger partial charge in [0.1, 0.15) is 0 Å². The monoisotopic (exact) mass is 239 g/mol. The lowest BCUT2D eigenvalue weighted by atomic mass is 10.0. The van der Waals surface area contributed by atoms with Crippen LogP contribution in [-0.2, 0) is 4.79 Å². The molecule has 2 fully saturated rings. The quantitative estimate of drug-likeness (QED) is 0.786. The number of nitrogens with one attached hydrogen (secondary N) is 1. The molecule has 0 saturated carbocycles. The number of amides is 1. The van der Waals surface area contributed by atoms with Crippen molar-refractivity contribution in [1.29, 1.82) is 0 Å². The molecular weight excluding hydrogens is 214 g/mol. The lowest BCUT2D eigenvalue weighted by Gasteiger charge is -2.32. The van der Waals surface area contributed by atoms with Gasteiger partial charge >= 0.3 is 0 Å². The van der Waals surface area contributed by atoms with Crippen molar-refractivity contribution in [1.82, 2.24) is 15.1 Å². The first-order valence-corrected chi connectivity index (χ1v) is 6.80. The maximum Gasteiger partial charge on any atom is 0.222 e. The van der Waals surface area contributed by atoms with Gasteiger partial charge in [0.25, 0.3) is 0 Å². The molecule has 2 unspecified atom stereocenters. The normalized spacial score (nSPS) is 31.5. The Bertz CT molecular complexity index is 280. The smallest absolute Gasteiger partial charge is 0.222 e. The van der Waals surface area contributed by atoms with Gasteiger partial charge in [-0.1, -0.05) is 0 Å². The minimum absolute atomic E-state index is 0.290. The van der Waals surface area contributed by atoms with E-state index in [1.54, 1.807) is 0 Å². The molecule has 0 spiro atoms. The summed E-state index contributed by atoms with van der Waals surface area (Å²) in [6, 6.07) is 1.76. The number of hydrogen-bond donors (Lipinski definition) is 1. The van der Waals surface area contributed by atoms with Crippen LogP contribution in [0.1, 0.15) is 33.1 Å². The van der Waals surface area contributed by atoms with Crippen LogP contribution in [0.3, 0.4) is 0 Å². The first-order chi connectivity index (χ1) is 8.06. The minimum atomic E-state index is 0.290. The zero-order valence-corrected chi connectivity index (χ0v) is 11.3. The molecule has 2 rings (SSSR count). The van der Waals surface area contributed by atoms with Crippen molar-refractivity contribution in [2.75, 3.05) is 26.7 Å². The molecule has 2 aliphatic heterocycles. The topological polar surface area (TPSA) is 35.6 Å². The van der Waals surface area contributed by atoms with E-state index in [2.05, 4.69) is 24.1 Å². The van der Waals surface area contributed by atoms with Crippen molar-refractivity contribution in [2.45, 2.75) is 51.2 Å². The van der Waals surface area contributed by atoms with E-state index in [-0.39, 0.29) is 0 Å². The summed E-state index contributed by atoms with van der Waals surface area (Å²) >= 11 is 0. The number of carbonyl (C=O) groups excluding carboxylic acids is 1. The number of rotatable bonds is 3. The molecule has 2 heterocycles. The number of hydrogen-bond acceptors (Lipinski definition) is 3. The SMILES string of the molecule is CC(C)N1CCC(NC2CCC(=O)N(C)C2)C1. The fourth-order valence-electron chi connectivity index (χ4n) is 2.87. The van der Waals surface area contributed by atoms with Crippen LogP contribution in [0.15, 0.2) is 0 Å². The molecule has 4 nitrogen and oxygen atoms in total. The van der Waals surface area contributed by atoms with Crippen LogP contribution in [0.5, 0.6) is 0 Å². The van der Waals surface area contributed by atoms with E-state index in [9.17, 15) is 4.79 Å². The van der Waals surface area contributed by atoms with Crippen molar-refractivity contribution in [3.8, 4) is 0 Å². The predicted octanol–water partition coefficient (Wildman–Crippen LogP) is 0.679. The first kappa shape index (κ1) is 12.8. The molecule has 0 radical (unpaired) electrons.